The Kier molecular flexibility index (Phi) is 4.59. The summed E-state index contributed by atoms with van der Waals surface area (Å²) in [7, 11) is 0. The Balaban J connectivity index is 1.52. The minimum atomic E-state index is -0.259. The monoisotopic (exact) mass is 374 g/mol. The Hall–Kier alpha value is -3.21. The lowest BCUT2D eigenvalue weighted by Gasteiger charge is -2.15. The molecular weight excluding hydrogens is 352 g/mol. The molecule has 0 unspecified atom stereocenters. The molecule has 142 valence electrons. The molecule has 2 atom stereocenters. The number of hydrogen-bond acceptors (Lipinski definition) is 3. The number of fused-ring (bicyclic) bond motifs is 1. The van der Waals surface area contributed by atoms with E-state index in [0.717, 1.165) is 16.8 Å². The first-order chi connectivity index (χ1) is 13.4. The minimum Gasteiger partial charge on any atom is -0.322 e. The number of carbonyl (C=O) groups is 3. The van der Waals surface area contributed by atoms with E-state index in [9.17, 15) is 14.4 Å². The summed E-state index contributed by atoms with van der Waals surface area (Å²) >= 11 is 0. The van der Waals surface area contributed by atoms with E-state index >= 15 is 0 Å². The van der Waals surface area contributed by atoms with Crippen LogP contribution in [0.5, 0.6) is 0 Å². The van der Waals surface area contributed by atoms with Gasteiger partial charge in [0, 0.05) is 11.3 Å². The third-order valence-electron chi connectivity index (χ3n) is 5.37. The van der Waals surface area contributed by atoms with E-state index < -0.39 is 0 Å². The van der Waals surface area contributed by atoms with Crippen molar-refractivity contribution in [2.75, 3.05) is 10.2 Å². The lowest BCUT2D eigenvalue weighted by atomic mass is 9.85. The van der Waals surface area contributed by atoms with Gasteiger partial charge in [0.2, 0.25) is 11.8 Å². The molecule has 2 aromatic rings. The van der Waals surface area contributed by atoms with Crippen molar-refractivity contribution in [3.63, 3.8) is 0 Å². The molecule has 2 aromatic carbocycles. The summed E-state index contributed by atoms with van der Waals surface area (Å²) in [5.74, 6) is -1.04. The van der Waals surface area contributed by atoms with Crippen LogP contribution in [0.25, 0.3) is 0 Å². The van der Waals surface area contributed by atoms with Gasteiger partial charge in [0.25, 0.3) is 5.91 Å². The van der Waals surface area contributed by atoms with Gasteiger partial charge >= 0.3 is 0 Å². The van der Waals surface area contributed by atoms with Crippen LogP contribution < -0.4 is 10.2 Å². The van der Waals surface area contributed by atoms with E-state index in [0.29, 0.717) is 24.1 Å². The Morgan fingerprint density at radius 3 is 1.96 bits per heavy atom. The maximum atomic E-state index is 12.7. The van der Waals surface area contributed by atoms with E-state index in [-0.39, 0.29) is 29.6 Å². The van der Waals surface area contributed by atoms with Crippen LogP contribution in [0.3, 0.4) is 0 Å². The molecule has 0 saturated carbocycles. The number of anilines is 2. The van der Waals surface area contributed by atoms with Crippen LogP contribution in [-0.4, -0.2) is 17.7 Å². The molecule has 1 aliphatic carbocycles. The number of allylic oxidation sites excluding steroid dienone is 2. The number of hydrogen-bond donors (Lipinski definition) is 1. The average Bonchev–Trinajstić information content (AvgIpc) is 2.92. The summed E-state index contributed by atoms with van der Waals surface area (Å²) in [4.78, 5) is 39.1. The number of nitrogens with zero attached hydrogens (tertiary/aromatic N) is 1. The second kappa shape index (κ2) is 7.08. The first-order valence-electron chi connectivity index (χ1n) is 9.46. The second-order valence-corrected chi connectivity index (χ2v) is 7.55. The third-order valence-corrected chi connectivity index (χ3v) is 5.37. The van der Waals surface area contributed by atoms with Crippen molar-refractivity contribution in [3.05, 3.63) is 71.3 Å². The van der Waals surface area contributed by atoms with E-state index in [4.69, 9.17) is 0 Å². The summed E-state index contributed by atoms with van der Waals surface area (Å²) in [6.45, 7) is 3.96. The fraction of sp³-hybridized carbons (Fsp3) is 0.261. The maximum Gasteiger partial charge on any atom is 0.255 e. The first-order valence-corrected chi connectivity index (χ1v) is 9.46. The van der Waals surface area contributed by atoms with Crippen molar-refractivity contribution in [1.29, 1.82) is 0 Å². The molecule has 5 nitrogen and oxygen atoms in total. The van der Waals surface area contributed by atoms with E-state index in [2.05, 4.69) is 5.32 Å². The predicted octanol–water partition coefficient (Wildman–Crippen LogP) is 4.01. The number of benzene rings is 2. The summed E-state index contributed by atoms with van der Waals surface area (Å²) < 4.78 is 0. The van der Waals surface area contributed by atoms with Gasteiger partial charge in [0.15, 0.2) is 0 Å². The van der Waals surface area contributed by atoms with Crippen molar-refractivity contribution >= 4 is 29.1 Å². The molecule has 4 rings (SSSR count). The zero-order valence-corrected chi connectivity index (χ0v) is 15.9. The van der Waals surface area contributed by atoms with Gasteiger partial charge in [0.05, 0.1) is 17.5 Å². The number of nitrogens with one attached hydrogen (secondary N) is 1. The van der Waals surface area contributed by atoms with Crippen LogP contribution in [0.1, 0.15) is 34.3 Å². The topological polar surface area (TPSA) is 66.5 Å². The van der Waals surface area contributed by atoms with Crippen LogP contribution >= 0.6 is 0 Å². The minimum absolute atomic E-state index is 0.146. The van der Waals surface area contributed by atoms with Crippen molar-refractivity contribution < 1.29 is 14.4 Å². The molecule has 0 aromatic heterocycles. The van der Waals surface area contributed by atoms with Crippen LogP contribution in [0.15, 0.2) is 54.6 Å². The van der Waals surface area contributed by atoms with E-state index in [1.54, 1.807) is 24.3 Å². The van der Waals surface area contributed by atoms with Crippen LogP contribution in [0.4, 0.5) is 11.4 Å². The molecule has 0 spiro atoms. The van der Waals surface area contributed by atoms with Crippen molar-refractivity contribution in [2.24, 2.45) is 11.8 Å². The van der Waals surface area contributed by atoms with Gasteiger partial charge in [-0.15, -0.1) is 0 Å². The first kappa shape index (κ1) is 18.2. The molecule has 1 fully saturated rings. The van der Waals surface area contributed by atoms with Gasteiger partial charge in [-0.05, 0) is 74.2 Å². The zero-order valence-electron chi connectivity index (χ0n) is 15.9. The summed E-state index contributed by atoms with van der Waals surface area (Å²) in [6.07, 6.45) is 5.16. The molecule has 3 amide bonds. The van der Waals surface area contributed by atoms with E-state index in [1.165, 1.54) is 4.90 Å². The van der Waals surface area contributed by atoms with Gasteiger partial charge in [-0.25, -0.2) is 0 Å². The smallest absolute Gasteiger partial charge is 0.255 e. The molecule has 1 saturated heterocycles. The fourth-order valence-corrected chi connectivity index (χ4v) is 4.07. The molecule has 0 radical (unpaired) electrons. The van der Waals surface area contributed by atoms with Crippen LogP contribution in [0.2, 0.25) is 0 Å². The Morgan fingerprint density at radius 1 is 0.893 bits per heavy atom. The highest BCUT2D eigenvalue weighted by atomic mass is 16.2. The lowest BCUT2D eigenvalue weighted by Crippen LogP contribution is -2.30. The fourth-order valence-electron chi connectivity index (χ4n) is 4.07. The predicted molar refractivity (Wildman–Crippen MR) is 108 cm³/mol. The summed E-state index contributed by atoms with van der Waals surface area (Å²) in [5.41, 5.74) is 3.89. The Bertz CT molecular complexity index is 945. The molecular formula is C23H22N2O3. The molecule has 5 heteroatoms. The molecule has 1 N–H and O–H groups in total. The maximum absolute atomic E-state index is 12.7. The van der Waals surface area contributed by atoms with Crippen molar-refractivity contribution in [2.45, 2.75) is 26.7 Å². The zero-order chi connectivity index (χ0) is 19.8. The quantitative estimate of drug-likeness (QED) is 0.652. The lowest BCUT2D eigenvalue weighted by molar-refractivity contribution is -0.122. The van der Waals surface area contributed by atoms with Crippen LogP contribution in [-0.2, 0) is 9.59 Å². The van der Waals surface area contributed by atoms with Crippen molar-refractivity contribution in [3.8, 4) is 0 Å². The number of imide groups is 1. The van der Waals surface area contributed by atoms with Gasteiger partial charge in [0.1, 0.15) is 0 Å². The van der Waals surface area contributed by atoms with Gasteiger partial charge in [-0.1, -0.05) is 18.2 Å². The largest absolute Gasteiger partial charge is 0.322 e. The number of carbonyl (C=O) groups excluding carboxylic acids is 3. The Morgan fingerprint density at radius 2 is 1.43 bits per heavy atom. The van der Waals surface area contributed by atoms with E-state index in [1.807, 2.05) is 44.2 Å². The highest BCUT2D eigenvalue weighted by Gasteiger charge is 2.47. The highest BCUT2D eigenvalue weighted by molar-refractivity contribution is 6.22. The standard InChI is InChI=1S/C23H22N2O3/c1-14-11-15(2)13-17(12-14)24-21(26)16-7-9-18(10-8-16)25-22(27)19-5-3-4-6-20(19)23(25)28/h3-4,7-13,19-20H,5-6H2,1-2H3,(H,24,26)/t19-,20-/m1/s1. The van der Waals surface area contributed by atoms with Crippen LogP contribution in [0, 0.1) is 25.7 Å². The van der Waals surface area contributed by atoms with Gasteiger partial charge in [-0.2, -0.15) is 0 Å². The van der Waals surface area contributed by atoms with Gasteiger partial charge in [-0.3, -0.25) is 19.3 Å². The number of aryl methyl sites for hydroxylation is 2. The Labute approximate surface area is 164 Å². The van der Waals surface area contributed by atoms with Crippen molar-refractivity contribution in [1.82, 2.24) is 0 Å². The second-order valence-electron chi connectivity index (χ2n) is 7.55. The molecule has 28 heavy (non-hydrogen) atoms. The normalized spacial score (nSPS) is 21.0. The molecule has 0 bridgehead atoms. The molecule has 2 aliphatic rings. The summed E-state index contributed by atoms with van der Waals surface area (Å²) in [5, 5.41) is 2.89. The molecule has 1 aliphatic heterocycles. The highest BCUT2D eigenvalue weighted by Crippen LogP contribution is 2.37. The van der Waals surface area contributed by atoms with Gasteiger partial charge < -0.3 is 5.32 Å². The number of rotatable bonds is 3. The SMILES string of the molecule is Cc1cc(C)cc(NC(=O)c2ccc(N3C(=O)[C@@H]4CC=CC[C@H]4C3=O)cc2)c1. The third kappa shape index (κ3) is 3.24. The molecule has 1 heterocycles. The summed E-state index contributed by atoms with van der Waals surface area (Å²) in [6, 6.07) is 12.5. The number of amides is 3. The average molecular weight is 374 g/mol.